The highest BCUT2D eigenvalue weighted by Crippen LogP contribution is 2.30. The molecule has 2 amide bonds. The second-order valence-electron chi connectivity index (χ2n) is 5.90. The average molecular weight is 340 g/mol. The van der Waals surface area contributed by atoms with Gasteiger partial charge < -0.3 is 15.3 Å². The number of rotatable bonds is 4. The maximum atomic E-state index is 12.2. The lowest BCUT2D eigenvalue weighted by Crippen LogP contribution is -2.37. The van der Waals surface area contributed by atoms with Gasteiger partial charge in [-0.15, -0.1) is 0 Å². The lowest BCUT2D eigenvalue weighted by molar-refractivity contribution is -0.146. The van der Waals surface area contributed by atoms with E-state index in [0.717, 1.165) is 0 Å². The van der Waals surface area contributed by atoms with Gasteiger partial charge in [0.15, 0.2) is 9.84 Å². The molecule has 0 radical (unpaired) electrons. The van der Waals surface area contributed by atoms with Crippen molar-refractivity contribution in [2.45, 2.75) is 25.2 Å². The molecule has 0 bridgehead atoms. The third kappa shape index (κ3) is 3.64. The lowest BCUT2D eigenvalue weighted by atomic mass is 9.90. The fourth-order valence-corrected chi connectivity index (χ4v) is 3.31. The number of nitrogens with one attached hydrogen (secondary N) is 1. The molecule has 23 heavy (non-hydrogen) atoms. The Morgan fingerprint density at radius 1 is 1.30 bits per heavy atom. The molecule has 2 N–H and O–H groups in total. The summed E-state index contributed by atoms with van der Waals surface area (Å²) in [5.74, 6) is -0.901. The SMILES string of the molecule is CCS(=O)(=O)c1ccc(NC(=O)N2CCC(C)(C(=O)O)C2)cc1. The minimum Gasteiger partial charge on any atom is -0.481 e. The number of hydrogen-bond acceptors (Lipinski definition) is 4. The van der Waals surface area contributed by atoms with Crippen LogP contribution in [0.25, 0.3) is 0 Å². The van der Waals surface area contributed by atoms with Crippen molar-refractivity contribution in [1.29, 1.82) is 0 Å². The Hall–Kier alpha value is -2.09. The molecule has 1 atom stereocenters. The predicted molar refractivity (Wildman–Crippen MR) is 85.1 cm³/mol. The summed E-state index contributed by atoms with van der Waals surface area (Å²) in [6, 6.07) is 5.54. The van der Waals surface area contributed by atoms with Crippen molar-refractivity contribution in [1.82, 2.24) is 4.90 Å². The zero-order chi connectivity index (χ0) is 17.3. The Kier molecular flexibility index (Phi) is 4.65. The summed E-state index contributed by atoms with van der Waals surface area (Å²) in [7, 11) is -3.27. The van der Waals surface area contributed by atoms with Crippen molar-refractivity contribution in [2.24, 2.45) is 5.41 Å². The highest BCUT2D eigenvalue weighted by Gasteiger charge is 2.42. The third-order valence-corrected chi connectivity index (χ3v) is 5.87. The molecule has 0 saturated carbocycles. The molecule has 1 aromatic rings. The fraction of sp³-hybridized carbons (Fsp3) is 0.467. The monoisotopic (exact) mass is 340 g/mol. The van der Waals surface area contributed by atoms with Gasteiger partial charge in [0.05, 0.1) is 16.1 Å². The largest absolute Gasteiger partial charge is 0.481 e. The Labute approximate surface area is 135 Å². The average Bonchev–Trinajstić information content (AvgIpc) is 2.92. The molecular weight excluding hydrogens is 320 g/mol. The number of anilines is 1. The number of amides is 2. The molecule has 2 rings (SSSR count). The van der Waals surface area contributed by atoms with E-state index in [4.69, 9.17) is 0 Å². The van der Waals surface area contributed by atoms with E-state index in [1.54, 1.807) is 13.8 Å². The maximum Gasteiger partial charge on any atom is 0.321 e. The molecule has 1 aliphatic heterocycles. The Balaban J connectivity index is 2.03. The summed E-state index contributed by atoms with van der Waals surface area (Å²) >= 11 is 0. The van der Waals surface area contributed by atoms with Gasteiger partial charge in [-0.3, -0.25) is 4.79 Å². The van der Waals surface area contributed by atoms with Gasteiger partial charge in [-0.1, -0.05) is 6.92 Å². The van der Waals surface area contributed by atoms with Gasteiger partial charge in [-0.05, 0) is 37.6 Å². The second-order valence-corrected chi connectivity index (χ2v) is 8.17. The first-order valence-electron chi connectivity index (χ1n) is 7.30. The molecule has 1 heterocycles. The van der Waals surface area contributed by atoms with Crippen molar-refractivity contribution in [3.8, 4) is 0 Å². The number of carbonyl (C=O) groups excluding carboxylic acids is 1. The number of nitrogens with zero attached hydrogens (tertiary/aromatic N) is 1. The first-order chi connectivity index (χ1) is 10.7. The van der Waals surface area contributed by atoms with Crippen molar-refractivity contribution < 1.29 is 23.1 Å². The van der Waals surface area contributed by atoms with E-state index in [1.807, 2.05) is 0 Å². The van der Waals surface area contributed by atoms with Crippen LogP contribution in [0.2, 0.25) is 0 Å². The van der Waals surface area contributed by atoms with Crippen LogP contribution >= 0.6 is 0 Å². The van der Waals surface area contributed by atoms with Gasteiger partial charge in [0.2, 0.25) is 0 Å². The van der Waals surface area contributed by atoms with E-state index in [2.05, 4.69) is 5.32 Å². The molecule has 1 aliphatic rings. The summed E-state index contributed by atoms with van der Waals surface area (Å²) in [6.07, 6.45) is 0.406. The first-order valence-corrected chi connectivity index (χ1v) is 8.95. The molecule has 126 valence electrons. The van der Waals surface area contributed by atoms with Gasteiger partial charge >= 0.3 is 12.0 Å². The van der Waals surface area contributed by atoms with Crippen molar-refractivity contribution in [2.75, 3.05) is 24.2 Å². The van der Waals surface area contributed by atoms with Gasteiger partial charge in [-0.25, -0.2) is 13.2 Å². The van der Waals surface area contributed by atoms with Crippen LogP contribution in [0.4, 0.5) is 10.5 Å². The molecule has 7 nitrogen and oxygen atoms in total. The van der Waals surface area contributed by atoms with Gasteiger partial charge in [0.25, 0.3) is 0 Å². The molecule has 1 aromatic carbocycles. The number of urea groups is 1. The molecule has 1 fully saturated rings. The minimum atomic E-state index is -3.27. The molecular formula is C15H20N2O5S. The number of sulfone groups is 1. The van der Waals surface area contributed by atoms with Crippen LogP contribution in [0.3, 0.4) is 0 Å². The Bertz CT molecular complexity index is 714. The van der Waals surface area contributed by atoms with Crippen molar-refractivity contribution in [3.63, 3.8) is 0 Å². The number of hydrogen-bond donors (Lipinski definition) is 2. The van der Waals surface area contributed by atoms with Crippen LogP contribution < -0.4 is 5.32 Å². The van der Waals surface area contributed by atoms with Crippen molar-refractivity contribution in [3.05, 3.63) is 24.3 Å². The van der Waals surface area contributed by atoms with Crippen molar-refractivity contribution >= 4 is 27.5 Å². The summed E-state index contributed by atoms with van der Waals surface area (Å²) < 4.78 is 23.5. The van der Waals surface area contributed by atoms with E-state index < -0.39 is 21.2 Å². The number of carboxylic acids is 1. The van der Waals surface area contributed by atoms with Crippen LogP contribution in [0.1, 0.15) is 20.3 Å². The molecule has 0 aliphatic carbocycles. The Morgan fingerprint density at radius 2 is 1.91 bits per heavy atom. The highest BCUT2D eigenvalue weighted by molar-refractivity contribution is 7.91. The smallest absolute Gasteiger partial charge is 0.321 e. The predicted octanol–water partition coefficient (Wildman–Crippen LogP) is 1.81. The van der Waals surface area contributed by atoms with Gasteiger partial charge in [-0.2, -0.15) is 0 Å². The van der Waals surface area contributed by atoms with E-state index >= 15 is 0 Å². The van der Waals surface area contributed by atoms with Gasteiger partial charge in [0.1, 0.15) is 0 Å². The molecule has 8 heteroatoms. The normalized spacial score (nSPS) is 21.2. The third-order valence-electron chi connectivity index (χ3n) is 4.12. The maximum absolute atomic E-state index is 12.2. The topological polar surface area (TPSA) is 104 Å². The molecule has 1 unspecified atom stereocenters. The number of likely N-dealkylation sites (tertiary alicyclic amines) is 1. The van der Waals surface area contributed by atoms with Crippen LogP contribution in [0.5, 0.6) is 0 Å². The highest BCUT2D eigenvalue weighted by atomic mass is 32.2. The van der Waals surface area contributed by atoms with E-state index in [-0.39, 0.29) is 23.2 Å². The van der Waals surface area contributed by atoms with Crippen LogP contribution in [0, 0.1) is 5.41 Å². The standard InChI is InChI=1S/C15H20N2O5S/c1-3-23(21,22)12-6-4-11(5-7-12)16-14(20)17-9-8-15(2,10-17)13(18)19/h4-7H,3,8-10H2,1-2H3,(H,16,20)(H,18,19). The number of carboxylic acid groups (broad SMARTS) is 1. The number of carbonyl (C=O) groups is 2. The zero-order valence-electron chi connectivity index (χ0n) is 13.1. The summed E-state index contributed by atoms with van der Waals surface area (Å²) in [5.41, 5.74) is -0.454. The summed E-state index contributed by atoms with van der Waals surface area (Å²) in [6.45, 7) is 3.71. The van der Waals surface area contributed by atoms with E-state index in [9.17, 15) is 23.1 Å². The van der Waals surface area contributed by atoms with Crippen LogP contribution in [0.15, 0.2) is 29.2 Å². The lowest BCUT2D eigenvalue weighted by Gasteiger charge is -2.20. The minimum absolute atomic E-state index is 0.0141. The second kappa shape index (κ2) is 6.19. The summed E-state index contributed by atoms with van der Waals surface area (Å²) in [5, 5.41) is 11.8. The number of benzene rings is 1. The fourth-order valence-electron chi connectivity index (χ4n) is 2.42. The van der Waals surface area contributed by atoms with Gasteiger partial charge in [0, 0.05) is 18.8 Å². The Morgan fingerprint density at radius 3 is 2.39 bits per heavy atom. The zero-order valence-corrected chi connectivity index (χ0v) is 13.9. The first kappa shape index (κ1) is 17.3. The summed E-state index contributed by atoms with van der Waals surface area (Å²) in [4.78, 5) is 25.0. The molecule has 0 spiro atoms. The van der Waals surface area contributed by atoms with E-state index in [1.165, 1.54) is 29.2 Å². The van der Waals surface area contributed by atoms with Crippen LogP contribution in [-0.2, 0) is 14.6 Å². The van der Waals surface area contributed by atoms with Crippen LogP contribution in [-0.4, -0.2) is 49.3 Å². The molecule has 1 saturated heterocycles. The number of aliphatic carboxylic acids is 1. The quantitative estimate of drug-likeness (QED) is 0.870. The van der Waals surface area contributed by atoms with E-state index in [0.29, 0.717) is 18.7 Å². The molecule has 0 aromatic heterocycles.